The number of methoxy groups -OCH3 is 1. The third kappa shape index (κ3) is 11.1. The van der Waals surface area contributed by atoms with Crippen LogP contribution in [0.2, 0.25) is 0 Å². The molecule has 0 aromatic carbocycles. The van der Waals surface area contributed by atoms with Crippen molar-refractivity contribution < 1.29 is 48.7 Å². The molecule has 2 saturated heterocycles. The number of rotatable bonds is 9. The van der Waals surface area contributed by atoms with E-state index in [1.54, 1.807) is 36.4 Å². The van der Waals surface area contributed by atoms with E-state index in [0.717, 1.165) is 25.7 Å². The van der Waals surface area contributed by atoms with Gasteiger partial charge in [-0.25, -0.2) is 0 Å². The molecule has 14 heteroatoms. The Morgan fingerprint density at radius 3 is 2.23 bits per heavy atom. The zero-order valence-electron chi connectivity index (χ0n) is 33.7. The van der Waals surface area contributed by atoms with Gasteiger partial charge in [0.25, 0.3) is 0 Å². The number of halogens is 1. The molecule has 0 aromatic heterocycles. The first-order valence-corrected chi connectivity index (χ1v) is 20.3. The van der Waals surface area contributed by atoms with Crippen LogP contribution in [0.5, 0.6) is 0 Å². The molecular formula is C39H66IN3O10. The van der Waals surface area contributed by atoms with Crippen molar-refractivity contribution in [3.8, 4) is 12.3 Å². The summed E-state index contributed by atoms with van der Waals surface area (Å²) in [5.74, 6) is -2.05. The van der Waals surface area contributed by atoms with Gasteiger partial charge in [0.2, 0.25) is 0 Å². The van der Waals surface area contributed by atoms with Gasteiger partial charge in [0.1, 0.15) is 23.7 Å². The normalized spacial score (nSPS) is 43.3. The average molecular weight is 864 g/mol. The molecule has 0 unspecified atom stereocenters. The Morgan fingerprint density at radius 2 is 1.66 bits per heavy atom. The molecule has 0 amide bonds. The lowest BCUT2D eigenvalue weighted by Gasteiger charge is -2.47. The average Bonchev–Trinajstić information content (AvgIpc) is 3.12. The Labute approximate surface area is 330 Å². The number of Topliss-reactive ketones (excluding diaryl/α,β-unsaturated/α-hetero) is 1. The van der Waals surface area contributed by atoms with Crippen LogP contribution in [-0.2, 0) is 33.4 Å². The highest BCUT2D eigenvalue weighted by Crippen LogP contribution is 2.39. The number of alkyl halides is 1. The van der Waals surface area contributed by atoms with Gasteiger partial charge in [0.15, 0.2) is 16.2 Å². The van der Waals surface area contributed by atoms with E-state index >= 15 is 0 Å². The van der Waals surface area contributed by atoms with Crippen molar-refractivity contribution in [2.24, 2.45) is 28.8 Å². The molecule has 0 aromatic rings. The van der Waals surface area contributed by atoms with Crippen LogP contribution in [0.15, 0.2) is 5.16 Å². The second kappa shape index (κ2) is 19.6. The molecule has 2 heterocycles. The minimum atomic E-state index is -1.91. The Kier molecular flexibility index (Phi) is 17.0. The molecular weight excluding hydrogens is 797 g/mol. The minimum Gasteiger partial charge on any atom is -0.448 e. The van der Waals surface area contributed by atoms with E-state index in [9.17, 15) is 24.9 Å². The molecule has 3 aliphatic rings. The number of esters is 1. The molecule has 0 bridgehead atoms. The molecule has 3 fully saturated rings. The number of hydrogen-bond acceptors (Lipinski definition) is 13. The summed E-state index contributed by atoms with van der Waals surface area (Å²) in [5.41, 5.74) is -2.66. The van der Waals surface area contributed by atoms with E-state index in [2.05, 4.69) is 24.9 Å². The molecule has 304 valence electrons. The summed E-state index contributed by atoms with van der Waals surface area (Å²) < 4.78 is 23.6. The number of ether oxygens (including phenoxy) is 4. The molecule has 3 N–H and O–H groups in total. The number of likely N-dealkylation sites (N-methyl/N-ethyl adjacent to an activating group) is 1. The lowest BCUT2D eigenvalue weighted by molar-refractivity contribution is -0.295. The maximum absolute atomic E-state index is 14.2. The molecule has 2 aliphatic heterocycles. The number of aliphatic hydroxyl groups is 3. The lowest BCUT2D eigenvalue weighted by Crippen LogP contribution is -2.60. The van der Waals surface area contributed by atoms with Crippen LogP contribution >= 0.6 is 22.6 Å². The third-order valence-corrected chi connectivity index (χ3v) is 13.5. The Hall–Kier alpha value is -1.42. The molecule has 1 aliphatic carbocycles. The van der Waals surface area contributed by atoms with Crippen LogP contribution < -0.4 is 0 Å². The molecule has 0 spiro atoms. The maximum atomic E-state index is 14.2. The second-order valence-electron chi connectivity index (χ2n) is 16.4. The lowest BCUT2D eigenvalue weighted by atomic mass is 9.75. The first-order chi connectivity index (χ1) is 24.7. The summed E-state index contributed by atoms with van der Waals surface area (Å²) in [5, 5.41) is 39.7. The number of ketones is 1. The van der Waals surface area contributed by atoms with Crippen molar-refractivity contribution in [2.45, 2.75) is 158 Å². The SMILES string of the molecule is C#CCCN(C)[C@H]1C[C@@H](C)O[C@@H](O[C@@H]2[C@@H](C)C(=O)[C@@H](C)C(=O)O[C@H](I)[C@@](C)(O)[C@H](O)[C@@H](C)/C(=N/OC3CCC(N(C)C)CC3)[C@H](C)C[C@@]2(C)OC)[C@@H]1O. The topological polar surface area (TPSA) is 160 Å². The number of carbonyl (C=O) groups excluding carboxylic acids is 2. The smallest absolute Gasteiger partial charge is 0.317 e. The van der Waals surface area contributed by atoms with Gasteiger partial charge in [-0.05, 0) is 110 Å². The highest BCUT2D eigenvalue weighted by molar-refractivity contribution is 14.1. The fourth-order valence-corrected chi connectivity index (χ4v) is 8.78. The standard InChI is InChI=1S/C39H66IN3O10/c1-13-14-19-43(11)29-20-23(3)50-36(32(29)45)51-34-25(5)31(44)26(6)35(47)52-37(40)39(8,48)33(46)24(4)30(22(2)21-38(34,7)49-12)41-53-28-17-15-27(16-18-28)42(9)10/h1,22-29,32-34,36-37,45-46,48H,14-21H2,2-12H3/b41-30+/t22-,23-,24+,25+,26-,27?,28?,29+,32-,33-,34-,36+,37+,38-,39+/m1/s1. The summed E-state index contributed by atoms with van der Waals surface area (Å²) in [4.78, 5) is 38.1. The Morgan fingerprint density at radius 1 is 1.04 bits per heavy atom. The zero-order valence-corrected chi connectivity index (χ0v) is 35.8. The number of terminal acetylenes is 1. The van der Waals surface area contributed by atoms with Gasteiger partial charge in [-0.1, -0.05) is 25.9 Å². The van der Waals surface area contributed by atoms with Crippen LogP contribution in [0.1, 0.15) is 93.4 Å². The number of hydrogen-bond donors (Lipinski definition) is 3. The summed E-state index contributed by atoms with van der Waals surface area (Å²) in [7, 11) is 7.58. The monoisotopic (exact) mass is 863 g/mol. The Balaban J connectivity index is 2.09. The van der Waals surface area contributed by atoms with Gasteiger partial charge in [-0.15, -0.1) is 12.3 Å². The van der Waals surface area contributed by atoms with Crippen LogP contribution in [0.4, 0.5) is 0 Å². The van der Waals surface area contributed by atoms with E-state index < -0.39 is 75.3 Å². The number of cyclic esters (lactones) is 1. The minimum absolute atomic E-state index is 0.121. The van der Waals surface area contributed by atoms with Gasteiger partial charge < -0.3 is 44.0 Å². The fraction of sp³-hybridized carbons (Fsp3) is 0.872. The molecule has 3 rings (SSSR count). The summed E-state index contributed by atoms with van der Waals surface area (Å²) in [6, 6.07) is 0.137. The molecule has 53 heavy (non-hydrogen) atoms. The fourth-order valence-electron chi connectivity index (χ4n) is 8.16. The molecule has 13 atom stereocenters. The molecule has 13 nitrogen and oxygen atoms in total. The second-order valence-corrected chi connectivity index (χ2v) is 17.5. The van der Waals surface area contributed by atoms with Crippen molar-refractivity contribution in [1.29, 1.82) is 0 Å². The highest BCUT2D eigenvalue weighted by Gasteiger charge is 2.51. The van der Waals surface area contributed by atoms with Crippen molar-refractivity contribution in [3.63, 3.8) is 0 Å². The molecule has 0 radical (unpaired) electrons. The first kappa shape index (κ1) is 46.0. The van der Waals surface area contributed by atoms with Crippen molar-refractivity contribution in [2.75, 3.05) is 34.8 Å². The first-order valence-electron chi connectivity index (χ1n) is 19.1. The van der Waals surface area contributed by atoms with E-state index in [-0.39, 0.29) is 24.7 Å². The van der Waals surface area contributed by atoms with Crippen LogP contribution in [0, 0.1) is 36.0 Å². The quantitative estimate of drug-likeness (QED) is 0.0771. The zero-order chi connectivity index (χ0) is 40.0. The van der Waals surface area contributed by atoms with Crippen molar-refractivity contribution in [3.05, 3.63) is 0 Å². The maximum Gasteiger partial charge on any atom is 0.317 e. The van der Waals surface area contributed by atoms with Crippen LogP contribution in [-0.4, -0.2) is 142 Å². The largest absolute Gasteiger partial charge is 0.448 e. The third-order valence-electron chi connectivity index (χ3n) is 11.9. The predicted octanol–water partition coefficient (Wildman–Crippen LogP) is 3.78. The van der Waals surface area contributed by atoms with E-state index in [4.69, 9.17) is 35.4 Å². The number of carbonyl (C=O) groups is 2. The highest BCUT2D eigenvalue weighted by atomic mass is 127. The molecule has 1 saturated carbocycles. The van der Waals surface area contributed by atoms with Crippen LogP contribution in [0.3, 0.4) is 0 Å². The predicted molar refractivity (Wildman–Crippen MR) is 210 cm³/mol. The summed E-state index contributed by atoms with van der Waals surface area (Å²) >= 11 is 1.78. The summed E-state index contributed by atoms with van der Waals surface area (Å²) in [6.45, 7) is 12.5. The number of oxime groups is 1. The van der Waals surface area contributed by atoms with Crippen molar-refractivity contribution in [1.82, 2.24) is 9.80 Å². The van der Waals surface area contributed by atoms with E-state index in [0.29, 0.717) is 31.1 Å². The van der Waals surface area contributed by atoms with Gasteiger partial charge in [0.05, 0.1) is 29.6 Å². The van der Waals surface area contributed by atoms with E-state index in [1.165, 1.54) is 21.0 Å². The van der Waals surface area contributed by atoms with Gasteiger partial charge >= 0.3 is 5.97 Å². The van der Waals surface area contributed by atoms with Gasteiger partial charge in [-0.2, -0.15) is 0 Å². The summed E-state index contributed by atoms with van der Waals surface area (Å²) in [6.07, 6.45) is 5.29. The van der Waals surface area contributed by atoms with Gasteiger partial charge in [-0.3, -0.25) is 14.5 Å². The Bertz CT molecular complexity index is 1290. The number of aliphatic hydroxyl groups excluding tert-OH is 2. The number of nitrogens with zero attached hydrogens (tertiary/aromatic N) is 3. The van der Waals surface area contributed by atoms with Crippen molar-refractivity contribution >= 4 is 40.1 Å². The van der Waals surface area contributed by atoms with E-state index in [1.807, 2.05) is 32.7 Å². The van der Waals surface area contributed by atoms with Crippen LogP contribution in [0.25, 0.3) is 0 Å². The van der Waals surface area contributed by atoms with Gasteiger partial charge in [0, 0.05) is 49.9 Å².